The highest BCUT2D eigenvalue weighted by molar-refractivity contribution is 5.83. The molecule has 3 nitrogen and oxygen atoms in total. The number of carbonyl (C=O) groups excluding carboxylic acids is 1. The Balaban J connectivity index is 1.63. The summed E-state index contributed by atoms with van der Waals surface area (Å²) >= 11 is 0. The van der Waals surface area contributed by atoms with Gasteiger partial charge in [-0.1, -0.05) is 18.2 Å². The van der Waals surface area contributed by atoms with Crippen molar-refractivity contribution in [3.63, 3.8) is 0 Å². The lowest BCUT2D eigenvalue weighted by molar-refractivity contribution is -0.141. The first-order valence-electron chi connectivity index (χ1n) is 7.20. The predicted octanol–water partition coefficient (Wildman–Crippen LogP) is 3.39. The number of hydrogen-bond acceptors (Lipinski definition) is 3. The Labute approximate surface area is 131 Å². The number of halogens is 3. The first-order chi connectivity index (χ1) is 10.9. The number of nitrogens with zero attached hydrogens (tertiary/aromatic N) is 1. The largest absolute Gasteiger partial charge is 0.493 e. The van der Waals surface area contributed by atoms with Gasteiger partial charge in [-0.05, 0) is 28.8 Å². The zero-order chi connectivity index (χ0) is 16.4. The summed E-state index contributed by atoms with van der Waals surface area (Å²) in [5.74, 6) is 0.790. The maximum Gasteiger partial charge on any atom is 0.433 e. The van der Waals surface area contributed by atoms with Crippen LogP contribution in [0.4, 0.5) is 13.2 Å². The maximum atomic E-state index is 12.4. The van der Waals surface area contributed by atoms with Crippen LogP contribution in [0.2, 0.25) is 0 Å². The van der Waals surface area contributed by atoms with Gasteiger partial charge in [-0.15, -0.1) is 0 Å². The van der Waals surface area contributed by atoms with Crippen LogP contribution in [0.25, 0.3) is 0 Å². The van der Waals surface area contributed by atoms with Crippen molar-refractivity contribution in [3.8, 4) is 5.75 Å². The summed E-state index contributed by atoms with van der Waals surface area (Å²) < 4.78 is 42.7. The van der Waals surface area contributed by atoms with E-state index in [-0.39, 0.29) is 18.6 Å². The third kappa shape index (κ3) is 3.70. The van der Waals surface area contributed by atoms with Crippen LogP contribution in [0.5, 0.6) is 5.75 Å². The Morgan fingerprint density at radius 3 is 2.57 bits per heavy atom. The molecule has 0 aliphatic carbocycles. The van der Waals surface area contributed by atoms with Crippen molar-refractivity contribution in [2.75, 3.05) is 6.61 Å². The number of alkyl halides is 3. The third-order valence-corrected chi connectivity index (χ3v) is 3.67. The average Bonchev–Trinajstić information content (AvgIpc) is 2.94. The van der Waals surface area contributed by atoms with E-state index in [0.717, 1.165) is 35.6 Å². The van der Waals surface area contributed by atoms with E-state index in [9.17, 15) is 18.0 Å². The van der Waals surface area contributed by atoms with Gasteiger partial charge in [0.15, 0.2) is 0 Å². The molecule has 1 aliphatic heterocycles. The van der Waals surface area contributed by atoms with Crippen molar-refractivity contribution in [3.05, 3.63) is 58.9 Å². The average molecular weight is 321 g/mol. The van der Waals surface area contributed by atoms with E-state index in [4.69, 9.17) is 4.74 Å². The van der Waals surface area contributed by atoms with Crippen molar-refractivity contribution in [2.45, 2.75) is 25.4 Å². The molecule has 1 aliphatic rings. The number of hydrogen-bond donors (Lipinski definition) is 0. The van der Waals surface area contributed by atoms with Crippen LogP contribution in [0, 0.1) is 0 Å². The lowest BCUT2D eigenvalue weighted by Gasteiger charge is -2.07. The molecule has 0 fully saturated rings. The molecule has 6 heteroatoms. The Morgan fingerprint density at radius 2 is 1.87 bits per heavy atom. The smallest absolute Gasteiger partial charge is 0.433 e. The predicted molar refractivity (Wildman–Crippen MR) is 77.3 cm³/mol. The number of ether oxygens (including phenoxy) is 1. The molecule has 2 heterocycles. The lowest BCUT2D eigenvalue weighted by Crippen LogP contribution is -2.10. The van der Waals surface area contributed by atoms with E-state index in [1.807, 2.05) is 18.2 Å². The van der Waals surface area contributed by atoms with Crippen molar-refractivity contribution in [1.82, 2.24) is 4.98 Å². The molecule has 0 N–H and O–H groups in total. The van der Waals surface area contributed by atoms with Gasteiger partial charge in [0.05, 0.1) is 6.61 Å². The Hall–Kier alpha value is -2.37. The molecule has 0 saturated heterocycles. The zero-order valence-corrected chi connectivity index (χ0v) is 12.2. The fraction of sp³-hybridized carbons (Fsp3) is 0.294. The van der Waals surface area contributed by atoms with Crippen LogP contribution in [-0.4, -0.2) is 17.4 Å². The van der Waals surface area contributed by atoms with Crippen molar-refractivity contribution in [1.29, 1.82) is 0 Å². The molecule has 2 aromatic rings. The molecule has 0 amide bonds. The topological polar surface area (TPSA) is 39.2 Å². The lowest BCUT2D eigenvalue weighted by atomic mass is 10.0. The van der Waals surface area contributed by atoms with Crippen LogP contribution in [0.1, 0.15) is 22.4 Å². The monoisotopic (exact) mass is 321 g/mol. The summed E-state index contributed by atoms with van der Waals surface area (Å²) in [6.45, 7) is 0.657. The van der Waals surface area contributed by atoms with Gasteiger partial charge in [-0.25, -0.2) is 0 Å². The molecule has 0 radical (unpaired) electrons. The van der Waals surface area contributed by atoms with Crippen LogP contribution in [0.3, 0.4) is 0 Å². The number of ketones is 1. The van der Waals surface area contributed by atoms with Crippen LogP contribution in [-0.2, 0) is 30.2 Å². The molecule has 1 aromatic carbocycles. The Morgan fingerprint density at radius 1 is 1.13 bits per heavy atom. The van der Waals surface area contributed by atoms with Crippen molar-refractivity contribution in [2.24, 2.45) is 0 Å². The van der Waals surface area contributed by atoms with E-state index in [2.05, 4.69) is 4.98 Å². The van der Waals surface area contributed by atoms with Gasteiger partial charge >= 0.3 is 6.18 Å². The molecule has 3 rings (SSSR count). The second-order valence-electron chi connectivity index (χ2n) is 5.48. The molecule has 0 unspecified atom stereocenters. The van der Waals surface area contributed by atoms with E-state index in [1.165, 1.54) is 6.07 Å². The first-order valence-corrected chi connectivity index (χ1v) is 7.20. The van der Waals surface area contributed by atoms with Gasteiger partial charge in [0.25, 0.3) is 0 Å². The standard InChI is InChI=1S/C17H14F3NO2/c18-17(19,20)16-4-2-12(10-21-16)9-14(22)8-11-1-3-15-13(7-11)5-6-23-15/h1-4,7,10H,5-6,8-9H2. The summed E-state index contributed by atoms with van der Waals surface area (Å²) in [5.41, 5.74) is 1.51. The molecule has 0 atom stereocenters. The summed E-state index contributed by atoms with van der Waals surface area (Å²) in [4.78, 5) is 15.4. The van der Waals surface area contributed by atoms with Gasteiger partial charge < -0.3 is 4.74 Å². The quantitative estimate of drug-likeness (QED) is 0.866. The Kier molecular flexibility index (Phi) is 4.07. The number of aromatic nitrogens is 1. The number of Topliss-reactive ketones (excluding diaryl/α,β-unsaturated/α-hetero) is 1. The minimum atomic E-state index is -4.46. The third-order valence-electron chi connectivity index (χ3n) is 3.67. The van der Waals surface area contributed by atoms with Gasteiger partial charge in [0.1, 0.15) is 17.2 Å². The van der Waals surface area contributed by atoms with E-state index >= 15 is 0 Å². The van der Waals surface area contributed by atoms with Gasteiger partial charge in [-0.2, -0.15) is 13.2 Å². The molecular formula is C17H14F3NO2. The van der Waals surface area contributed by atoms with Crippen molar-refractivity contribution >= 4 is 5.78 Å². The number of benzene rings is 1. The number of rotatable bonds is 4. The fourth-order valence-corrected chi connectivity index (χ4v) is 2.56. The first kappa shape index (κ1) is 15.5. The molecule has 120 valence electrons. The van der Waals surface area contributed by atoms with E-state index in [0.29, 0.717) is 12.2 Å². The van der Waals surface area contributed by atoms with Crippen LogP contribution < -0.4 is 4.74 Å². The number of carbonyl (C=O) groups is 1. The summed E-state index contributed by atoms with van der Waals surface area (Å²) in [6.07, 6.45) is -2.21. The minimum Gasteiger partial charge on any atom is -0.493 e. The highest BCUT2D eigenvalue weighted by atomic mass is 19.4. The molecular weight excluding hydrogens is 307 g/mol. The van der Waals surface area contributed by atoms with Crippen LogP contribution in [0.15, 0.2) is 36.5 Å². The van der Waals surface area contributed by atoms with Gasteiger partial charge in [-0.3, -0.25) is 9.78 Å². The highest BCUT2D eigenvalue weighted by Gasteiger charge is 2.32. The van der Waals surface area contributed by atoms with E-state index in [1.54, 1.807) is 0 Å². The SMILES string of the molecule is O=C(Cc1ccc(C(F)(F)F)nc1)Cc1ccc2c(c1)CCO2. The maximum absolute atomic E-state index is 12.4. The summed E-state index contributed by atoms with van der Waals surface area (Å²) in [5, 5.41) is 0. The highest BCUT2D eigenvalue weighted by Crippen LogP contribution is 2.28. The summed E-state index contributed by atoms with van der Waals surface area (Å²) in [6, 6.07) is 7.84. The summed E-state index contributed by atoms with van der Waals surface area (Å²) in [7, 11) is 0. The van der Waals surface area contributed by atoms with Crippen molar-refractivity contribution < 1.29 is 22.7 Å². The number of pyridine rings is 1. The molecule has 0 saturated carbocycles. The van der Waals surface area contributed by atoms with E-state index < -0.39 is 11.9 Å². The van der Waals surface area contributed by atoms with Gasteiger partial charge in [0.2, 0.25) is 0 Å². The molecule has 0 bridgehead atoms. The Bertz CT molecular complexity index is 724. The molecule has 1 aromatic heterocycles. The molecule has 23 heavy (non-hydrogen) atoms. The van der Waals surface area contributed by atoms with Gasteiger partial charge in [0, 0.05) is 25.5 Å². The second-order valence-corrected chi connectivity index (χ2v) is 5.48. The number of fused-ring (bicyclic) bond motifs is 1. The fourth-order valence-electron chi connectivity index (χ4n) is 2.56. The van der Waals surface area contributed by atoms with Crippen LogP contribution >= 0.6 is 0 Å². The normalized spacial score (nSPS) is 13.5. The second kappa shape index (κ2) is 6.02. The minimum absolute atomic E-state index is 0.0644. The zero-order valence-electron chi connectivity index (χ0n) is 12.2. The molecule has 0 spiro atoms.